The number of hydrogen-bond acceptors (Lipinski definition) is 6. The average molecular weight is 825 g/mol. The number of hydrogen-bond donors (Lipinski definition) is 0. The van der Waals surface area contributed by atoms with Crippen molar-refractivity contribution >= 4 is 17.9 Å². The molecule has 340 valence electrons. The van der Waals surface area contributed by atoms with Crippen LogP contribution in [0.25, 0.3) is 0 Å². The molecule has 0 bridgehead atoms. The van der Waals surface area contributed by atoms with Gasteiger partial charge in [-0.3, -0.25) is 14.4 Å². The van der Waals surface area contributed by atoms with Crippen LogP contribution in [0.4, 0.5) is 0 Å². The minimum atomic E-state index is -0.788. The van der Waals surface area contributed by atoms with E-state index < -0.39 is 6.10 Å². The molecule has 1 unspecified atom stereocenters. The van der Waals surface area contributed by atoms with Gasteiger partial charge in [0.1, 0.15) is 13.2 Å². The van der Waals surface area contributed by atoms with Gasteiger partial charge in [-0.25, -0.2) is 0 Å². The van der Waals surface area contributed by atoms with E-state index in [1.54, 1.807) is 0 Å². The maximum atomic E-state index is 12.8. The zero-order chi connectivity index (χ0) is 43.0. The molecule has 0 rings (SSSR count). The van der Waals surface area contributed by atoms with E-state index in [0.29, 0.717) is 19.3 Å². The fourth-order valence-corrected chi connectivity index (χ4v) is 6.86. The topological polar surface area (TPSA) is 78.9 Å². The van der Waals surface area contributed by atoms with Crippen LogP contribution < -0.4 is 0 Å². The normalized spacial score (nSPS) is 12.5. The quantitative estimate of drug-likeness (QED) is 0.0200. The summed E-state index contributed by atoms with van der Waals surface area (Å²) in [6.07, 6.45) is 57.7. The Morgan fingerprint density at radius 3 is 1.10 bits per heavy atom. The molecule has 0 spiro atoms. The van der Waals surface area contributed by atoms with Gasteiger partial charge in [0.15, 0.2) is 6.10 Å². The highest BCUT2D eigenvalue weighted by Gasteiger charge is 2.19. The van der Waals surface area contributed by atoms with Gasteiger partial charge in [0.25, 0.3) is 0 Å². The monoisotopic (exact) mass is 825 g/mol. The molecule has 6 nitrogen and oxygen atoms in total. The third-order valence-electron chi connectivity index (χ3n) is 10.6. The van der Waals surface area contributed by atoms with Crippen molar-refractivity contribution < 1.29 is 28.6 Å². The maximum absolute atomic E-state index is 12.8. The fourth-order valence-electron chi connectivity index (χ4n) is 6.86. The van der Waals surface area contributed by atoms with E-state index in [2.05, 4.69) is 63.3 Å². The summed E-state index contributed by atoms with van der Waals surface area (Å²) in [7, 11) is 0. The zero-order valence-corrected chi connectivity index (χ0v) is 38.8. The molecule has 0 saturated heterocycles. The van der Waals surface area contributed by atoms with Crippen molar-refractivity contribution in [1.29, 1.82) is 0 Å². The molecule has 0 fully saturated rings. The lowest BCUT2D eigenvalue weighted by Crippen LogP contribution is -2.30. The molecule has 0 radical (unpaired) electrons. The highest BCUT2D eigenvalue weighted by atomic mass is 16.6. The van der Waals surface area contributed by atoms with E-state index in [0.717, 1.165) is 96.3 Å². The van der Waals surface area contributed by atoms with Gasteiger partial charge in [0, 0.05) is 19.3 Å². The Bertz CT molecular complexity index is 1090. The van der Waals surface area contributed by atoms with E-state index in [1.165, 1.54) is 103 Å². The molecule has 0 aromatic carbocycles. The molecular formula is C53H92O6. The Morgan fingerprint density at radius 2 is 0.678 bits per heavy atom. The van der Waals surface area contributed by atoms with E-state index in [-0.39, 0.29) is 31.1 Å². The Kier molecular flexibility index (Phi) is 45.4. The maximum Gasteiger partial charge on any atom is 0.306 e. The first-order valence-corrected chi connectivity index (χ1v) is 24.8. The van der Waals surface area contributed by atoms with E-state index >= 15 is 0 Å². The van der Waals surface area contributed by atoms with Crippen molar-refractivity contribution in [2.75, 3.05) is 13.2 Å². The molecule has 0 aliphatic rings. The van der Waals surface area contributed by atoms with Crippen LogP contribution in [-0.2, 0) is 28.6 Å². The van der Waals surface area contributed by atoms with E-state index in [1.807, 2.05) is 18.2 Å². The molecule has 0 amide bonds. The van der Waals surface area contributed by atoms with Crippen LogP contribution in [-0.4, -0.2) is 37.2 Å². The third-order valence-corrected chi connectivity index (χ3v) is 10.6. The largest absolute Gasteiger partial charge is 0.462 e. The SMILES string of the molecule is CC\C=C/C=C\C=C/C=C\CCCCCCCC(=O)OCC(COC(=O)CCCCCCCCCCCCCC)OC(=O)CCCCC/C=C\CCCCCCCCC. The van der Waals surface area contributed by atoms with E-state index in [4.69, 9.17) is 14.2 Å². The van der Waals surface area contributed by atoms with Gasteiger partial charge in [0.2, 0.25) is 0 Å². The molecule has 0 aromatic heterocycles. The minimum Gasteiger partial charge on any atom is -0.462 e. The Hall–Kier alpha value is -2.89. The second-order valence-corrected chi connectivity index (χ2v) is 16.4. The summed E-state index contributed by atoms with van der Waals surface area (Å²) in [5.74, 6) is -0.924. The van der Waals surface area contributed by atoms with Crippen LogP contribution >= 0.6 is 0 Å². The first-order chi connectivity index (χ1) is 29.0. The van der Waals surface area contributed by atoms with Gasteiger partial charge in [-0.15, -0.1) is 0 Å². The summed E-state index contributed by atoms with van der Waals surface area (Å²) < 4.78 is 16.7. The number of ether oxygens (including phenoxy) is 3. The van der Waals surface area contributed by atoms with Gasteiger partial charge < -0.3 is 14.2 Å². The molecule has 0 aromatic rings. The van der Waals surface area contributed by atoms with Gasteiger partial charge in [-0.2, -0.15) is 0 Å². The number of rotatable bonds is 44. The van der Waals surface area contributed by atoms with Crippen LogP contribution in [0.1, 0.15) is 239 Å². The molecule has 1 atom stereocenters. The van der Waals surface area contributed by atoms with Crippen molar-refractivity contribution in [2.24, 2.45) is 0 Å². The van der Waals surface area contributed by atoms with Crippen molar-refractivity contribution in [3.63, 3.8) is 0 Å². The van der Waals surface area contributed by atoms with E-state index in [9.17, 15) is 14.4 Å². The molecule has 0 saturated carbocycles. The first-order valence-electron chi connectivity index (χ1n) is 24.8. The summed E-state index contributed by atoms with van der Waals surface area (Å²) in [5, 5.41) is 0. The van der Waals surface area contributed by atoms with Crippen LogP contribution in [0.2, 0.25) is 0 Å². The van der Waals surface area contributed by atoms with Crippen molar-refractivity contribution in [1.82, 2.24) is 0 Å². The number of unbranched alkanes of at least 4 members (excludes halogenated alkanes) is 26. The highest BCUT2D eigenvalue weighted by Crippen LogP contribution is 2.14. The predicted molar refractivity (Wildman–Crippen MR) is 251 cm³/mol. The highest BCUT2D eigenvalue weighted by molar-refractivity contribution is 5.71. The van der Waals surface area contributed by atoms with Crippen molar-refractivity contribution in [3.8, 4) is 0 Å². The molecule has 0 aliphatic heterocycles. The third kappa shape index (κ3) is 46.0. The van der Waals surface area contributed by atoms with Crippen LogP contribution in [0.3, 0.4) is 0 Å². The second-order valence-electron chi connectivity index (χ2n) is 16.4. The van der Waals surface area contributed by atoms with Gasteiger partial charge in [0.05, 0.1) is 0 Å². The van der Waals surface area contributed by atoms with Crippen molar-refractivity contribution in [3.05, 3.63) is 60.8 Å². The molecule has 0 aliphatic carbocycles. The number of carbonyl (C=O) groups excluding carboxylic acids is 3. The minimum absolute atomic E-state index is 0.0864. The van der Waals surface area contributed by atoms with Gasteiger partial charge >= 0.3 is 17.9 Å². The standard InChI is InChI=1S/C53H92O6/c1-4-7-10-13-16-19-22-25-27-29-31-34-37-40-43-46-52(55)58-49-50(48-57-51(54)45-42-39-36-33-30-24-21-18-15-12-9-6-3)59-53(56)47-44-41-38-35-32-28-26-23-20-17-14-11-8-5-2/h7,10,13,16,19,22,25,27-28,32,50H,4-6,8-9,11-12,14-15,17-18,20-21,23-24,26,29-31,33-49H2,1-3H3/b10-7-,16-13-,22-19-,27-25-,32-28-. The lowest BCUT2D eigenvalue weighted by atomic mass is 10.0. The smallest absolute Gasteiger partial charge is 0.306 e. The second kappa shape index (κ2) is 47.8. The fraction of sp³-hybridized carbons (Fsp3) is 0.755. The average Bonchev–Trinajstić information content (AvgIpc) is 3.23. The summed E-state index contributed by atoms with van der Waals surface area (Å²) in [6.45, 7) is 6.46. The van der Waals surface area contributed by atoms with Crippen LogP contribution in [0, 0.1) is 0 Å². The Balaban J connectivity index is 4.44. The zero-order valence-electron chi connectivity index (χ0n) is 38.8. The molecule has 0 N–H and O–H groups in total. The molecule has 59 heavy (non-hydrogen) atoms. The molecule has 0 heterocycles. The predicted octanol–water partition coefficient (Wildman–Crippen LogP) is 16.1. The Labute approximate surface area is 364 Å². The van der Waals surface area contributed by atoms with Gasteiger partial charge in [-0.1, -0.05) is 216 Å². The summed E-state index contributed by atoms with van der Waals surface area (Å²) in [4.78, 5) is 37.9. The summed E-state index contributed by atoms with van der Waals surface area (Å²) in [5.41, 5.74) is 0. The summed E-state index contributed by atoms with van der Waals surface area (Å²) >= 11 is 0. The first kappa shape index (κ1) is 56.1. The molecular weight excluding hydrogens is 733 g/mol. The number of allylic oxidation sites excluding steroid dienone is 10. The van der Waals surface area contributed by atoms with Crippen LogP contribution in [0.15, 0.2) is 60.8 Å². The lowest BCUT2D eigenvalue weighted by Gasteiger charge is -2.18. The summed E-state index contributed by atoms with van der Waals surface area (Å²) in [6, 6.07) is 0. The van der Waals surface area contributed by atoms with Crippen molar-refractivity contribution in [2.45, 2.75) is 245 Å². The van der Waals surface area contributed by atoms with Crippen LogP contribution in [0.5, 0.6) is 0 Å². The number of esters is 3. The molecule has 6 heteroatoms. The number of carbonyl (C=O) groups is 3. The van der Waals surface area contributed by atoms with Gasteiger partial charge in [-0.05, 0) is 64.2 Å². The lowest BCUT2D eigenvalue weighted by molar-refractivity contribution is -0.167. The Morgan fingerprint density at radius 1 is 0.356 bits per heavy atom.